The van der Waals surface area contributed by atoms with Gasteiger partial charge in [0.25, 0.3) is 5.91 Å². The van der Waals surface area contributed by atoms with Crippen LogP contribution in [0.4, 0.5) is 0 Å². The van der Waals surface area contributed by atoms with Crippen LogP contribution in [0.3, 0.4) is 0 Å². The van der Waals surface area contributed by atoms with Gasteiger partial charge in [-0.15, -0.1) is 0 Å². The molecule has 1 N–H and O–H groups in total. The molecule has 2 amide bonds. The number of carbonyl (C=O) groups excluding carboxylic acids is 2. The Hall–Kier alpha value is -2.76. The maximum absolute atomic E-state index is 12.8. The number of hydrogen-bond acceptors (Lipinski definition) is 4. The summed E-state index contributed by atoms with van der Waals surface area (Å²) in [6.07, 6.45) is 5.15. The molecule has 0 aliphatic heterocycles. The topological polar surface area (TPSA) is 75.2 Å². The van der Waals surface area contributed by atoms with E-state index in [0.717, 1.165) is 18.5 Å². The van der Waals surface area contributed by atoms with Crippen molar-refractivity contribution >= 4 is 11.8 Å². The molecule has 6 heteroatoms. The Morgan fingerprint density at radius 3 is 2.41 bits per heavy atom. The fourth-order valence-electron chi connectivity index (χ4n) is 3.07. The molecule has 1 atom stereocenters. The molecule has 0 spiro atoms. The van der Waals surface area contributed by atoms with E-state index < -0.39 is 0 Å². The van der Waals surface area contributed by atoms with Gasteiger partial charge in [-0.05, 0) is 38.2 Å². The molecule has 0 saturated heterocycles. The van der Waals surface area contributed by atoms with E-state index in [2.05, 4.69) is 27.4 Å². The number of nitrogens with zero attached hydrogens (tertiary/aromatic N) is 3. The molecule has 0 bridgehead atoms. The molecule has 0 radical (unpaired) electrons. The van der Waals surface area contributed by atoms with Crippen molar-refractivity contribution in [2.24, 2.45) is 5.92 Å². The van der Waals surface area contributed by atoms with Crippen molar-refractivity contribution < 1.29 is 9.59 Å². The molecule has 0 aliphatic rings. The number of amides is 2. The fourth-order valence-corrected chi connectivity index (χ4v) is 3.07. The molecule has 29 heavy (non-hydrogen) atoms. The average Bonchev–Trinajstić information content (AvgIpc) is 2.70. The summed E-state index contributed by atoms with van der Waals surface area (Å²) in [5, 5.41) is 3.04. The van der Waals surface area contributed by atoms with Crippen LogP contribution in [0.5, 0.6) is 0 Å². The lowest BCUT2D eigenvalue weighted by molar-refractivity contribution is -0.121. The van der Waals surface area contributed by atoms with E-state index >= 15 is 0 Å². The summed E-state index contributed by atoms with van der Waals surface area (Å²) < 4.78 is 0. The lowest BCUT2D eigenvalue weighted by Crippen LogP contribution is -2.39. The summed E-state index contributed by atoms with van der Waals surface area (Å²) in [7, 11) is 0. The molecule has 6 nitrogen and oxygen atoms in total. The maximum atomic E-state index is 12.8. The summed E-state index contributed by atoms with van der Waals surface area (Å²) in [6.45, 7) is 8.88. The van der Waals surface area contributed by atoms with Crippen LogP contribution >= 0.6 is 0 Å². The first-order valence-electron chi connectivity index (χ1n) is 10.3. The van der Waals surface area contributed by atoms with E-state index in [4.69, 9.17) is 0 Å². The number of aryl methyl sites for hydroxylation is 2. The van der Waals surface area contributed by atoms with Crippen LogP contribution in [0.1, 0.15) is 55.4 Å². The lowest BCUT2D eigenvalue weighted by Gasteiger charge is -2.24. The second-order valence-corrected chi connectivity index (χ2v) is 7.93. The summed E-state index contributed by atoms with van der Waals surface area (Å²) >= 11 is 0. The predicted octanol–water partition coefficient (Wildman–Crippen LogP) is 3.41. The Bertz CT molecular complexity index is 775. The number of carbonyl (C=O) groups is 2. The summed E-state index contributed by atoms with van der Waals surface area (Å²) in [4.78, 5) is 35.2. The SMILES string of the molecule is Cc1cnc(C(=O)N(CCC(=O)N[C@H](C)CCc2ccccc2)CC(C)C)cn1. The van der Waals surface area contributed by atoms with Crippen molar-refractivity contribution in [1.29, 1.82) is 0 Å². The van der Waals surface area contributed by atoms with Crippen molar-refractivity contribution in [2.75, 3.05) is 13.1 Å². The monoisotopic (exact) mass is 396 g/mol. The molecule has 2 aromatic rings. The molecule has 1 aromatic carbocycles. The van der Waals surface area contributed by atoms with Gasteiger partial charge in [-0.1, -0.05) is 44.2 Å². The molecule has 2 rings (SSSR count). The van der Waals surface area contributed by atoms with Crippen molar-refractivity contribution in [3.8, 4) is 0 Å². The number of aromatic nitrogens is 2. The molecule has 0 fully saturated rings. The summed E-state index contributed by atoms with van der Waals surface area (Å²) in [5.41, 5.74) is 2.34. The van der Waals surface area contributed by atoms with E-state index in [1.807, 2.05) is 45.9 Å². The van der Waals surface area contributed by atoms with Crippen LogP contribution < -0.4 is 5.32 Å². The highest BCUT2D eigenvalue weighted by Crippen LogP contribution is 2.08. The minimum Gasteiger partial charge on any atom is -0.354 e. The van der Waals surface area contributed by atoms with Gasteiger partial charge < -0.3 is 10.2 Å². The standard InChI is InChI=1S/C23H32N4O2/c1-17(2)16-27(23(29)21-15-24-19(4)14-25-21)13-12-22(28)26-18(3)10-11-20-8-6-5-7-9-20/h5-9,14-15,17-18H,10-13,16H2,1-4H3,(H,26,28)/t18-/m1/s1. The maximum Gasteiger partial charge on any atom is 0.274 e. The zero-order chi connectivity index (χ0) is 21.2. The van der Waals surface area contributed by atoms with Gasteiger partial charge in [0.05, 0.1) is 11.9 Å². The van der Waals surface area contributed by atoms with Gasteiger partial charge in [-0.2, -0.15) is 0 Å². The fraction of sp³-hybridized carbons (Fsp3) is 0.478. The normalized spacial score (nSPS) is 11.9. The summed E-state index contributed by atoms with van der Waals surface area (Å²) in [6, 6.07) is 10.3. The first-order chi connectivity index (χ1) is 13.8. The number of rotatable bonds is 10. The molecule has 1 heterocycles. The molecule has 0 unspecified atom stereocenters. The quantitative estimate of drug-likeness (QED) is 0.668. The van der Waals surface area contributed by atoms with Gasteiger partial charge in [0.1, 0.15) is 5.69 Å². The van der Waals surface area contributed by atoms with Gasteiger partial charge in [0, 0.05) is 31.7 Å². The van der Waals surface area contributed by atoms with E-state index in [9.17, 15) is 9.59 Å². The van der Waals surface area contributed by atoms with Crippen LogP contribution in [-0.4, -0.2) is 45.8 Å². The Kier molecular flexibility index (Phi) is 8.77. The van der Waals surface area contributed by atoms with Gasteiger partial charge in [-0.3, -0.25) is 14.6 Å². The molecule has 0 saturated carbocycles. The second kappa shape index (κ2) is 11.3. The molecule has 1 aromatic heterocycles. The predicted molar refractivity (Wildman–Crippen MR) is 114 cm³/mol. The minimum atomic E-state index is -0.184. The first kappa shape index (κ1) is 22.5. The van der Waals surface area contributed by atoms with Gasteiger partial charge in [-0.25, -0.2) is 4.98 Å². The molecule has 0 aliphatic carbocycles. The third-order valence-electron chi connectivity index (χ3n) is 4.60. The summed E-state index contributed by atoms with van der Waals surface area (Å²) in [5.74, 6) is 0.0726. The third kappa shape index (κ3) is 8.02. The Balaban J connectivity index is 1.84. The third-order valence-corrected chi connectivity index (χ3v) is 4.60. The van der Waals surface area contributed by atoms with Gasteiger partial charge in [0.15, 0.2) is 0 Å². The Morgan fingerprint density at radius 1 is 1.07 bits per heavy atom. The number of nitrogens with one attached hydrogen (secondary N) is 1. The average molecular weight is 397 g/mol. The molecule has 156 valence electrons. The van der Waals surface area contributed by atoms with Gasteiger partial charge in [0.2, 0.25) is 5.91 Å². The van der Waals surface area contributed by atoms with E-state index in [1.54, 1.807) is 11.1 Å². The zero-order valence-corrected chi connectivity index (χ0v) is 17.9. The first-order valence-corrected chi connectivity index (χ1v) is 10.3. The van der Waals surface area contributed by atoms with Crippen LogP contribution in [-0.2, 0) is 11.2 Å². The van der Waals surface area contributed by atoms with E-state index in [-0.39, 0.29) is 24.3 Å². The highest BCUT2D eigenvalue weighted by molar-refractivity contribution is 5.92. The molecular weight excluding hydrogens is 364 g/mol. The van der Waals surface area contributed by atoms with Crippen LogP contribution in [0.2, 0.25) is 0 Å². The van der Waals surface area contributed by atoms with Gasteiger partial charge >= 0.3 is 0 Å². The second-order valence-electron chi connectivity index (χ2n) is 7.93. The van der Waals surface area contributed by atoms with Crippen LogP contribution in [0.25, 0.3) is 0 Å². The van der Waals surface area contributed by atoms with E-state index in [0.29, 0.717) is 24.7 Å². The van der Waals surface area contributed by atoms with Crippen LogP contribution in [0, 0.1) is 12.8 Å². The lowest BCUT2D eigenvalue weighted by atomic mass is 10.1. The Labute approximate surface area is 173 Å². The number of hydrogen-bond donors (Lipinski definition) is 1. The van der Waals surface area contributed by atoms with Crippen molar-refractivity contribution in [1.82, 2.24) is 20.2 Å². The largest absolute Gasteiger partial charge is 0.354 e. The Morgan fingerprint density at radius 2 is 1.79 bits per heavy atom. The van der Waals surface area contributed by atoms with Crippen molar-refractivity contribution in [3.63, 3.8) is 0 Å². The smallest absolute Gasteiger partial charge is 0.274 e. The highest BCUT2D eigenvalue weighted by atomic mass is 16.2. The van der Waals surface area contributed by atoms with Crippen LogP contribution in [0.15, 0.2) is 42.7 Å². The minimum absolute atomic E-state index is 0.0397. The van der Waals surface area contributed by atoms with Crippen molar-refractivity contribution in [3.05, 3.63) is 59.7 Å². The van der Waals surface area contributed by atoms with E-state index in [1.165, 1.54) is 11.8 Å². The van der Waals surface area contributed by atoms with Crippen molar-refractivity contribution in [2.45, 2.75) is 53.0 Å². The number of benzene rings is 1. The molecular formula is C23H32N4O2. The highest BCUT2D eigenvalue weighted by Gasteiger charge is 2.20. The zero-order valence-electron chi connectivity index (χ0n) is 17.9.